The van der Waals surface area contributed by atoms with Crippen LogP contribution in [0.4, 0.5) is 0 Å². The first-order valence-electron chi connectivity index (χ1n) is 10.3. The third kappa shape index (κ3) is 9.87. The van der Waals surface area contributed by atoms with Crippen LogP contribution in [0, 0.1) is 29.6 Å². The number of halogens is 2. The number of hydrogen-bond acceptors (Lipinski definition) is 0. The van der Waals surface area contributed by atoms with Gasteiger partial charge in [-0.2, -0.15) is 8.07 Å². The van der Waals surface area contributed by atoms with Crippen LogP contribution >= 0.6 is 26.7 Å². The van der Waals surface area contributed by atoms with E-state index < -0.39 is 25.1 Å². The maximum absolute atomic E-state index is 5.01. The Labute approximate surface area is 209 Å². The second-order valence-corrected chi connectivity index (χ2v) is 12.9. The fourth-order valence-electron chi connectivity index (χ4n) is 3.11. The van der Waals surface area contributed by atoms with Crippen LogP contribution in [-0.4, -0.2) is 5.54 Å². The molecule has 0 amide bonds. The summed E-state index contributed by atoms with van der Waals surface area (Å²) in [6.45, 7) is 17.5. The minimum atomic E-state index is -0.614. The first kappa shape index (κ1) is 29.2. The molecule has 5 radical (unpaired) electrons. The van der Waals surface area contributed by atoms with E-state index in [1.807, 2.05) is 0 Å². The van der Waals surface area contributed by atoms with E-state index in [1.165, 1.54) is 40.2 Å². The van der Waals surface area contributed by atoms with Gasteiger partial charge in [0.2, 0.25) is 0 Å². The molecule has 0 atom stereocenters. The van der Waals surface area contributed by atoms with Crippen LogP contribution in [0.25, 0.3) is 5.09 Å². The molecular weight excluding hydrogens is 476 g/mol. The van der Waals surface area contributed by atoms with Gasteiger partial charge < -0.3 is 5.09 Å². The van der Waals surface area contributed by atoms with Crippen LogP contribution in [0.2, 0.25) is 0 Å². The number of benzene rings is 2. The summed E-state index contributed by atoms with van der Waals surface area (Å²) < 4.78 is 0. The van der Waals surface area contributed by atoms with Crippen LogP contribution in [0.1, 0.15) is 55.4 Å². The molecule has 1 fully saturated rings. The zero-order valence-corrected chi connectivity index (χ0v) is 23.9. The molecule has 5 heteroatoms. The Kier molecular flexibility index (Phi) is 13.5. The first-order chi connectivity index (χ1) is 14.5. The zero-order chi connectivity index (χ0) is 23.6. The van der Waals surface area contributed by atoms with E-state index in [4.69, 9.17) is 23.7 Å². The molecule has 2 aromatic rings. The van der Waals surface area contributed by atoms with Gasteiger partial charge in [-0.3, -0.25) is 0 Å². The summed E-state index contributed by atoms with van der Waals surface area (Å²) in [5.74, 6) is 7.34. The molecule has 0 aromatic heterocycles. The topological polar surface area (TPSA) is 14.1 Å². The van der Waals surface area contributed by atoms with E-state index >= 15 is 0 Å². The molecule has 1 saturated carbocycles. The van der Waals surface area contributed by atoms with Crippen LogP contribution in [0.5, 0.6) is 0 Å². The van der Waals surface area contributed by atoms with Crippen LogP contribution in [0.15, 0.2) is 60.7 Å². The third-order valence-electron chi connectivity index (χ3n) is 5.21. The van der Waals surface area contributed by atoms with Crippen LogP contribution in [-0.2, 0) is 17.0 Å². The van der Waals surface area contributed by atoms with Gasteiger partial charge in [0.1, 0.15) is 0 Å². The third-order valence-corrected chi connectivity index (χ3v) is 7.59. The fourth-order valence-corrected chi connectivity index (χ4v) is 5.15. The van der Waals surface area contributed by atoms with Crippen molar-refractivity contribution in [1.29, 1.82) is 0 Å². The van der Waals surface area contributed by atoms with E-state index in [2.05, 4.69) is 116 Å². The normalized spacial score (nSPS) is 16.5. The van der Waals surface area contributed by atoms with Crippen molar-refractivity contribution in [3.63, 3.8) is 0 Å². The summed E-state index contributed by atoms with van der Waals surface area (Å²) in [6, 6.07) is 21.2. The van der Waals surface area contributed by atoms with E-state index in [0.29, 0.717) is 0 Å². The van der Waals surface area contributed by atoms with E-state index in [-0.39, 0.29) is 5.54 Å². The molecule has 0 saturated heterocycles. The molecule has 0 spiro atoms. The molecule has 0 bridgehead atoms. The van der Waals surface area contributed by atoms with Gasteiger partial charge in [0.05, 0.1) is 0 Å². The minimum absolute atomic E-state index is 0.0165. The Morgan fingerprint density at radius 3 is 1.10 bits per heavy atom. The van der Waals surface area contributed by atoms with Gasteiger partial charge in [0.25, 0.3) is 0 Å². The van der Waals surface area contributed by atoms with Crippen molar-refractivity contribution in [2.75, 3.05) is 0 Å². The molecule has 0 heterocycles. The quantitative estimate of drug-likeness (QED) is 0.290. The summed E-state index contributed by atoms with van der Waals surface area (Å²) in [7, 11) is 9.16. The summed E-state index contributed by atoms with van der Waals surface area (Å²) >= 11 is -0.556. The van der Waals surface area contributed by atoms with E-state index in [1.54, 1.807) is 0 Å². The Morgan fingerprint density at radius 2 is 0.871 bits per heavy atom. The second-order valence-electron chi connectivity index (χ2n) is 8.45. The Morgan fingerprint density at radius 1 is 0.613 bits per heavy atom. The Bertz CT molecular complexity index is 639. The summed E-state index contributed by atoms with van der Waals surface area (Å²) in [6.07, 6.45) is 0. The number of hydrogen-bond donors (Lipinski definition) is 0. The molecule has 1 nitrogen and oxygen atoms in total. The van der Waals surface area contributed by atoms with Gasteiger partial charge in [-0.25, -0.2) is 0 Å². The average molecular weight is 510 g/mol. The fraction of sp³-hybridized carbons (Fsp3) is 0.346. The van der Waals surface area contributed by atoms with Crippen LogP contribution in [0.3, 0.4) is 0 Å². The average Bonchev–Trinajstić information content (AvgIpc) is 2.91. The van der Waals surface area contributed by atoms with Gasteiger partial charge >= 0.3 is 35.6 Å². The molecule has 0 N–H and O–H groups in total. The summed E-state index contributed by atoms with van der Waals surface area (Å²) in [4.78, 5) is 0. The van der Waals surface area contributed by atoms with Crippen molar-refractivity contribution >= 4 is 37.3 Å². The van der Waals surface area contributed by atoms with Crippen molar-refractivity contribution in [3.8, 4) is 0 Å². The van der Waals surface area contributed by atoms with Gasteiger partial charge in [-0.05, 0) is 40.2 Å². The van der Waals surface area contributed by atoms with Crippen molar-refractivity contribution in [2.45, 2.75) is 60.9 Å². The Balaban J connectivity index is 0.000000311. The van der Waals surface area contributed by atoms with E-state index in [0.717, 1.165) is 0 Å². The Hall–Kier alpha value is 0.124. The second kappa shape index (κ2) is 14.4. The predicted octanol–water partition coefficient (Wildman–Crippen LogP) is 8.55. The van der Waals surface area contributed by atoms with Gasteiger partial charge in [-0.15, -0.1) is 5.54 Å². The van der Waals surface area contributed by atoms with E-state index in [9.17, 15) is 0 Å². The van der Waals surface area contributed by atoms with Crippen molar-refractivity contribution in [3.05, 3.63) is 95.3 Å². The molecular formula is C26H34Cl2NPTi-. The molecule has 1 aliphatic carbocycles. The maximum atomic E-state index is 5.01. The van der Waals surface area contributed by atoms with Crippen molar-refractivity contribution in [2.24, 2.45) is 0 Å². The predicted molar refractivity (Wildman–Crippen MR) is 138 cm³/mol. The summed E-state index contributed by atoms with van der Waals surface area (Å²) in [5.41, 5.74) is -0.0165. The number of nitrogens with zero attached hydrogens (tertiary/aromatic N) is 1. The summed E-state index contributed by atoms with van der Waals surface area (Å²) in [5, 5.41) is 7.64. The number of rotatable bonds is 3. The SMILES string of the molecule is CC(C)(C)[N-]P(c1ccccc1)c1ccccc1.C[C]1[C](C)[C](C)[C](C)[C]1C.[Cl][Ti][Cl]. The molecule has 2 aromatic carbocycles. The van der Waals surface area contributed by atoms with Crippen LogP contribution < -0.4 is 10.6 Å². The molecule has 0 unspecified atom stereocenters. The molecule has 31 heavy (non-hydrogen) atoms. The van der Waals surface area contributed by atoms with Gasteiger partial charge in [0, 0.05) is 0 Å². The van der Waals surface area contributed by atoms with Crippen molar-refractivity contribution < 1.29 is 17.0 Å². The first-order valence-corrected chi connectivity index (χ1v) is 15.9. The molecule has 0 aliphatic heterocycles. The van der Waals surface area contributed by atoms with Gasteiger partial charge in [0.15, 0.2) is 0 Å². The monoisotopic (exact) mass is 509 g/mol. The molecule has 167 valence electrons. The van der Waals surface area contributed by atoms with Crippen molar-refractivity contribution in [1.82, 2.24) is 0 Å². The standard InChI is InChI=1S/C16H19NP.C10H15.2ClH.Ti/c1-16(2,3)17-18(14-10-6-4-7-11-14)15-12-8-5-9-13-15;1-6-7(2)9(4)10(5)8(6)3;;;/h4-13H,1-3H3;1-5H3;2*1H;/q-1;;;;+2/p-2. The van der Waals surface area contributed by atoms with Gasteiger partial charge in [-0.1, -0.05) is 116 Å². The zero-order valence-electron chi connectivity index (χ0n) is 19.9. The molecule has 3 rings (SSSR count). The molecule has 1 aliphatic rings.